The summed E-state index contributed by atoms with van der Waals surface area (Å²) in [5.74, 6) is -0.810. The Kier molecular flexibility index (Phi) is 13.9. The molecule has 1 atom stereocenters. The zero-order chi connectivity index (χ0) is 22.9. The van der Waals surface area contributed by atoms with Gasteiger partial charge >= 0.3 is 5.97 Å². The van der Waals surface area contributed by atoms with Crippen LogP contribution in [0.1, 0.15) is 51.0 Å². The van der Waals surface area contributed by atoms with E-state index in [4.69, 9.17) is 20.4 Å². The molecule has 4 N–H and O–H groups in total. The quantitative estimate of drug-likeness (QED) is 0.125. The van der Waals surface area contributed by atoms with Crippen LogP contribution in [0.25, 0.3) is 0 Å². The zero-order valence-electron chi connectivity index (χ0n) is 17.9. The summed E-state index contributed by atoms with van der Waals surface area (Å²) in [6, 6.07) is 6.88. The summed E-state index contributed by atoms with van der Waals surface area (Å²) in [4.78, 5) is 30.9. The van der Waals surface area contributed by atoms with Gasteiger partial charge in [0.25, 0.3) is 0 Å². The molecule has 0 saturated heterocycles. The maximum atomic E-state index is 12.1. The molecule has 9 nitrogen and oxygen atoms in total. The molecular formula is C22H33NO8. The van der Waals surface area contributed by atoms with Gasteiger partial charge in [-0.25, -0.2) is 9.78 Å². The van der Waals surface area contributed by atoms with Gasteiger partial charge in [0.1, 0.15) is 19.0 Å². The predicted octanol–water partition coefficient (Wildman–Crippen LogP) is 3.44. The zero-order valence-corrected chi connectivity index (χ0v) is 17.9. The number of rotatable bonds is 17. The fourth-order valence-corrected chi connectivity index (χ4v) is 2.87. The van der Waals surface area contributed by atoms with Gasteiger partial charge in [-0.1, -0.05) is 44.1 Å². The number of carbonyl (C=O) groups excluding carboxylic acids is 1. The summed E-state index contributed by atoms with van der Waals surface area (Å²) in [5.41, 5.74) is 0.947. The van der Waals surface area contributed by atoms with Gasteiger partial charge in [-0.05, 0) is 37.0 Å². The van der Waals surface area contributed by atoms with Gasteiger partial charge in [0.05, 0.1) is 12.5 Å². The van der Waals surface area contributed by atoms with Gasteiger partial charge in [0.2, 0.25) is 5.91 Å². The van der Waals surface area contributed by atoms with E-state index in [1.165, 1.54) is 0 Å². The Hall–Kier alpha value is -2.46. The minimum absolute atomic E-state index is 0.0659. The smallest absolute Gasteiger partial charge is 0.303 e. The molecule has 0 radical (unpaired) electrons. The van der Waals surface area contributed by atoms with E-state index in [-0.39, 0.29) is 38.0 Å². The highest BCUT2D eigenvalue weighted by Gasteiger charge is 2.14. The average Bonchev–Trinajstić information content (AvgIpc) is 2.74. The molecule has 0 aliphatic carbocycles. The van der Waals surface area contributed by atoms with Gasteiger partial charge in [0, 0.05) is 6.42 Å². The van der Waals surface area contributed by atoms with Crippen LogP contribution < -0.4 is 10.1 Å². The van der Waals surface area contributed by atoms with Crippen LogP contribution >= 0.6 is 0 Å². The molecule has 0 aliphatic heterocycles. The van der Waals surface area contributed by atoms with Crippen LogP contribution in [0.15, 0.2) is 36.4 Å². The van der Waals surface area contributed by atoms with Crippen LogP contribution in [-0.2, 0) is 25.8 Å². The monoisotopic (exact) mass is 439 g/mol. The van der Waals surface area contributed by atoms with Crippen molar-refractivity contribution in [2.24, 2.45) is 0 Å². The maximum Gasteiger partial charge on any atom is 0.303 e. The van der Waals surface area contributed by atoms with E-state index in [0.717, 1.165) is 31.2 Å². The van der Waals surface area contributed by atoms with E-state index >= 15 is 0 Å². The van der Waals surface area contributed by atoms with Crippen LogP contribution in [0.3, 0.4) is 0 Å². The highest BCUT2D eigenvalue weighted by atomic mass is 17.1. The predicted molar refractivity (Wildman–Crippen MR) is 114 cm³/mol. The van der Waals surface area contributed by atoms with E-state index in [1.807, 2.05) is 24.3 Å². The van der Waals surface area contributed by atoms with Crippen molar-refractivity contribution < 1.29 is 39.7 Å². The van der Waals surface area contributed by atoms with Crippen molar-refractivity contribution in [3.05, 3.63) is 42.0 Å². The Bertz CT molecular complexity index is 656. The molecule has 0 aromatic heterocycles. The first-order chi connectivity index (χ1) is 15.0. The molecule has 0 bridgehead atoms. The van der Waals surface area contributed by atoms with Crippen molar-refractivity contribution in [2.75, 3.05) is 13.2 Å². The summed E-state index contributed by atoms with van der Waals surface area (Å²) < 4.78 is 5.57. The van der Waals surface area contributed by atoms with Gasteiger partial charge in [-0.3, -0.25) is 20.1 Å². The molecular weight excluding hydrogens is 406 g/mol. The average molecular weight is 440 g/mol. The number of carbonyl (C=O) groups is 2. The van der Waals surface area contributed by atoms with Crippen LogP contribution in [0.2, 0.25) is 0 Å². The SMILES string of the molecule is CCCCC/C=C\C(Cc1ccc(OC(COO)COO)cc1)NC(=O)CCC(=O)O. The number of nitrogens with one attached hydrogen (secondary N) is 1. The number of unbranched alkanes of at least 4 members (excludes halogenated alkanes) is 3. The van der Waals surface area contributed by atoms with Crippen molar-refractivity contribution in [2.45, 2.75) is 64.0 Å². The fraction of sp³-hybridized carbons (Fsp3) is 0.545. The van der Waals surface area contributed by atoms with E-state index in [0.29, 0.717) is 12.2 Å². The van der Waals surface area contributed by atoms with Crippen molar-refractivity contribution in [1.82, 2.24) is 5.32 Å². The Morgan fingerprint density at radius 3 is 2.32 bits per heavy atom. The third-order valence-corrected chi connectivity index (χ3v) is 4.46. The summed E-state index contributed by atoms with van der Waals surface area (Å²) in [6.07, 6.45) is 7.84. The second-order valence-corrected chi connectivity index (χ2v) is 7.17. The molecule has 1 unspecified atom stereocenters. The number of carboxylic acids is 1. The van der Waals surface area contributed by atoms with E-state index in [9.17, 15) is 9.59 Å². The van der Waals surface area contributed by atoms with E-state index < -0.39 is 12.1 Å². The normalized spacial score (nSPS) is 12.3. The largest absolute Gasteiger partial charge is 0.485 e. The van der Waals surface area contributed by atoms with Gasteiger partial charge in [-0.15, -0.1) is 0 Å². The molecule has 0 heterocycles. The van der Waals surface area contributed by atoms with Gasteiger partial charge < -0.3 is 15.2 Å². The fourth-order valence-electron chi connectivity index (χ4n) is 2.87. The number of hydrogen-bond donors (Lipinski definition) is 4. The summed E-state index contributed by atoms with van der Waals surface area (Å²) in [6.45, 7) is 1.80. The summed E-state index contributed by atoms with van der Waals surface area (Å²) in [5, 5.41) is 28.8. The molecule has 9 heteroatoms. The standard InChI is InChI=1S/C22H33NO8/c1-2-3-4-5-6-7-18(23-21(24)12-13-22(25)26)14-17-8-10-19(11-9-17)31-20(15-29-27)16-30-28/h6-11,18,20,27-28H,2-5,12-16H2,1H3,(H,23,24)(H,25,26)/b7-6-. The highest BCUT2D eigenvalue weighted by molar-refractivity contribution is 5.81. The molecule has 1 aromatic carbocycles. The van der Waals surface area contributed by atoms with Crippen molar-refractivity contribution in [1.29, 1.82) is 0 Å². The topological polar surface area (TPSA) is 135 Å². The molecule has 31 heavy (non-hydrogen) atoms. The van der Waals surface area contributed by atoms with E-state index in [2.05, 4.69) is 22.0 Å². The lowest BCUT2D eigenvalue weighted by molar-refractivity contribution is -0.286. The number of hydrogen-bond acceptors (Lipinski definition) is 7. The molecule has 174 valence electrons. The number of carboxylic acid groups (broad SMARTS) is 1. The summed E-state index contributed by atoms with van der Waals surface area (Å²) in [7, 11) is 0. The van der Waals surface area contributed by atoms with Crippen molar-refractivity contribution >= 4 is 11.9 Å². The first-order valence-electron chi connectivity index (χ1n) is 10.4. The number of amides is 1. The summed E-state index contributed by atoms with van der Waals surface area (Å²) >= 11 is 0. The minimum Gasteiger partial charge on any atom is -0.485 e. The van der Waals surface area contributed by atoms with Gasteiger partial charge in [0.15, 0.2) is 6.10 Å². The molecule has 1 aromatic rings. The van der Waals surface area contributed by atoms with Crippen LogP contribution in [0.4, 0.5) is 0 Å². The van der Waals surface area contributed by atoms with Crippen LogP contribution in [-0.4, -0.2) is 52.9 Å². The Labute approximate surface area is 182 Å². The molecule has 0 aliphatic rings. The molecule has 0 spiro atoms. The Morgan fingerprint density at radius 2 is 1.74 bits per heavy atom. The minimum atomic E-state index is -1.01. The number of aliphatic carboxylic acids is 1. The molecule has 1 amide bonds. The second-order valence-electron chi connectivity index (χ2n) is 7.17. The Morgan fingerprint density at radius 1 is 1.06 bits per heavy atom. The van der Waals surface area contributed by atoms with Crippen molar-refractivity contribution in [3.63, 3.8) is 0 Å². The third-order valence-electron chi connectivity index (χ3n) is 4.46. The first-order valence-corrected chi connectivity index (χ1v) is 10.4. The van der Waals surface area contributed by atoms with Crippen molar-refractivity contribution in [3.8, 4) is 5.75 Å². The van der Waals surface area contributed by atoms with Crippen LogP contribution in [0.5, 0.6) is 5.75 Å². The molecule has 0 fully saturated rings. The number of allylic oxidation sites excluding steroid dienone is 1. The lowest BCUT2D eigenvalue weighted by atomic mass is 10.0. The second kappa shape index (κ2) is 16.3. The van der Waals surface area contributed by atoms with Gasteiger partial charge in [-0.2, -0.15) is 0 Å². The third kappa shape index (κ3) is 12.7. The number of ether oxygens (including phenoxy) is 1. The lowest BCUT2D eigenvalue weighted by Crippen LogP contribution is -2.35. The number of benzene rings is 1. The van der Waals surface area contributed by atoms with E-state index in [1.54, 1.807) is 12.1 Å². The lowest BCUT2D eigenvalue weighted by Gasteiger charge is -2.17. The Balaban J connectivity index is 2.72. The molecule has 0 saturated carbocycles. The molecule has 1 rings (SSSR count). The maximum absolute atomic E-state index is 12.1. The van der Waals surface area contributed by atoms with Crippen LogP contribution in [0, 0.1) is 0 Å². The highest BCUT2D eigenvalue weighted by Crippen LogP contribution is 2.16. The first kappa shape index (κ1) is 26.6.